The first-order valence-corrected chi connectivity index (χ1v) is 11.2. The van der Waals surface area contributed by atoms with Gasteiger partial charge in [0.25, 0.3) is 5.91 Å². The molecule has 8 heteroatoms. The van der Waals surface area contributed by atoms with Gasteiger partial charge >= 0.3 is 0 Å². The van der Waals surface area contributed by atoms with Crippen molar-refractivity contribution in [1.29, 1.82) is 0 Å². The number of carbonyl (C=O) groups is 1. The monoisotopic (exact) mass is 445 g/mol. The van der Waals surface area contributed by atoms with E-state index in [0.717, 1.165) is 38.7 Å². The molecule has 1 unspecified atom stereocenters. The number of anilines is 3. The van der Waals surface area contributed by atoms with Crippen molar-refractivity contribution in [2.45, 2.75) is 19.6 Å². The Hall–Kier alpha value is -3.49. The number of fused-ring (bicyclic) bond motifs is 2. The van der Waals surface area contributed by atoms with Crippen molar-refractivity contribution in [3.63, 3.8) is 0 Å². The van der Waals surface area contributed by atoms with Crippen LogP contribution in [0.4, 0.5) is 17.2 Å². The number of rotatable bonds is 5. The molecule has 2 aromatic heterocycles. The van der Waals surface area contributed by atoms with Crippen molar-refractivity contribution in [2.24, 2.45) is 0 Å². The zero-order chi connectivity index (χ0) is 22.2. The summed E-state index contributed by atoms with van der Waals surface area (Å²) in [4.78, 5) is 24.7. The largest absolute Gasteiger partial charge is 0.479 e. The molecule has 0 radical (unpaired) electrons. The number of hydrogen-bond donors (Lipinski definition) is 2. The number of thiophene rings is 1. The summed E-state index contributed by atoms with van der Waals surface area (Å²) in [5, 5.41) is 9.47. The second kappa shape index (κ2) is 8.22. The minimum atomic E-state index is -0.504. The lowest BCUT2D eigenvalue weighted by molar-refractivity contribution is -0.122. The van der Waals surface area contributed by atoms with Gasteiger partial charge in [0, 0.05) is 16.6 Å². The van der Waals surface area contributed by atoms with Gasteiger partial charge in [0.1, 0.15) is 22.2 Å². The van der Waals surface area contributed by atoms with Gasteiger partial charge in [-0.2, -0.15) is 0 Å². The third-order valence-corrected chi connectivity index (χ3v) is 6.07. The molecule has 7 nitrogen and oxygen atoms in total. The van der Waals surface area contributed by atoms with Gasteiger partial charge in [0.2, 0.25) is 0 Å². The average molecular weight is 446 g/mol. The van der Waals surface area contributed by atoms with Crippen LogP contribution in [0.1, 0.15) is 12.7 Å². The fourth-order valence-electron chi connectivity index (χ4n) is 3.68. The van der Waals surface area contributed by atoms with Crippen molar-refractivity contribution in [3.05, 3.63) is 59.7 Å². The van der Waals surface area contributed by atoms with Gasteiger partial charge in [-0.1, -0.05) is 30.3 Å². The van der Waals surface area contributed by atoms with E-state index in [9.17, 15) is 4.79 Å². The molecule has 0 spiro atoms. The smallest absolute Gasteiger partial charge is 0.265 e. The molecule has 0 bridgehead atoms. The van der Waals surface area contributed by atoms with Crippen molar-refractivity contribution in [3.8, 4) is 16.9 Å². The first-order valence-electron chi connectivity index (χ1n) is 10.3. The summed E-state index contributed by atoms with van der Waals surface area (Å²) < 4.78 is 5.68. The molecule has 1 atom stereocenters. The quantitative estimate of drug-likeness (QED) is 0.456. The highest BCUT2D eigenvalue weighted by Gasteiger charge is 2.24. The lowest BCUT2D eigenvalue weighted by Gasteiger charge is -2.23. The first kappa shape index (κ1) is 20.4. The fourth-order valence-corrected chi connectivity index (χ4v) is 4.65. The molecule has 162 valence electrons. The lowest BCUT2D eigenvalue weighted by atomic mass is 10.1. The number of nitrogens with zero attached hydrogens (tertiary/aromatic N) is 3. The molecule has 32 heavy (non-hydrogen) atoms. The number of nitrogens with one attached hydrogen (secondary N) is 2. The average Bonchev–Trinajstić information content (AvgIpc) is 3.19. The summed E-state index contributed by atoms with van der Waals surface area (Å²) in [5.41, 5.74) is 3.66. The van der Waals surface area contributed by atoms with Crippen LogP contribution < -0.4 is 15.4 Å². The molecule has 3 heterocycles. The maximum absolute atomic E-state index is 12.0. The minimum Gasteiger partial charge on any atom is -0.479 e. The van der Waals surface area contributed by atoms with Crippen LogP contribution in [0.5, 0.6) is 5.75 Å². The predicted molar refractivity (Wildman–Crippen MR) is 129 cm³/mol. The van der Waals surface area contributed by atoms with Gasteiger partial charge in [0.05, 0.1) is 17.6 Å². The Balaban J connectivity index is 1.60. The summed E-state index contributed by atoms with van der Waals surface area (Å²) in [5.74, 6) is 1.99. The van der Waals surface area contributed by atoms with Crippen molar-refractivity contribution < 1.29 is 9.53 Å². The molecule has 0 saturated heterocycles. The second-order valence-electron chi connectivity index (χ2n) is 8.01. The molecular formula is C24H23N5O2S. The van der Waals surface area contributed by atoms with Crippen LogP contribution in [0.3, 0.4) is 0 Å². The Morgan fingerprint density at radius 1 is 1.16 bits per heavy atom. The van der Waals surface area contributed by atoms with Crippen LogP contribution >= 0.6 is 11.3 Å². The summed E-state index contributed by atoms with van der Waals surface area (Å²) in [6, 6.07) is 15.9. The Kier molecular flexibility index (Phi) is 5.24. The normalized spacial score (nSPS) is 15.4. The lowest BCUT2D eigenvalue weighted by Crippen LogP contribution is -2.34. The zero-order valence-corrected chi connectivity index (χ0v) is 18.9. The summed E-state index contributed by atoms with van der Waals surface area (Å²) in [6.07, 6.45) is -0.504. The van der Waals surface area contributed by atoms with E-state index in [1.165, 1.54) is 0 Å². The molecule has 4 aromatic rings. The van der Waals surface area contributed by atoms with Gasteiger partial charge in [-0.3, -0.25) is 4.79 Å². The Morgan fingerprint density at radius 2 is 1.97 bits per heavy atom. The highest BCUT2D eigenvalue weighted by Crippen LogP contribution is 2.39. The Bertz CT molecular complexity index is 1300. The topological polar surface area (TPSA) is 79.4 Å². The van der Waals surface area contributed by atoms with Crippen molar-refractivity contribution >= 4 is 44.7 Å². The molecule has 1 amide bonds. The number of ether oxygens (including phenoxy) is 1. The van der Waals surface area contributed by atoms with Crippen LogP contribution in [0, 0.1) is 0 Å². The highest BCUT2D eigenvalue weighted by atomic mass is 32.1. The predicted octanol–water partition coefficient (Wildman–Crippen LogP) is 4.88. The van der Waals surface area contributed by atoms with Crippen LogP contribution in [-0.4, -0.2) is 41.0 Å². The van der Waals surface area contributed by atoms with Crippen LogP contribution in [-0.2, 0) is 11.3 Å². The number of hydrogen-bond acceptors (Lipinski definition) is 7. The van der Waals surface area contributed by atoms with E-state index in [0.29, 0.717) is 18.0 Å². The minimum absolute atomic E-state index is 0.156. The van der Waals surface area contributed by atoms with Gasteiger partial charge in [-0.25, -0.2) is 9.97 Å². The van der Waals surface area contributed by atoms with E-state index in [4.69, 9.17) is 14.7 Å². The standard InChI is InChI=1S/C24H23N5O2S/c1-14-23(30)26-18-11-16(9-10-19(18)31-14)25-22-21-17(15-7-5-4-6-8-15)13-32-24(21)28-20(27-22)12-29(2)3/h4-11,13-14H,12H2,1-3H3,(H,26,30)(H,25,27,28). The van der Waals surface area contributed by atoms with Gasteiger partial charge in [-0.15, -0.1) is 11.3 Å². The van der Waals surface area contributed by atoms with E-state index >= 15 is 0 Å². The SMILES string of the molecule is CC1Oc2ccc(Nc3nc(CN(C)C)nc4scc(-c5ccccc5)c34)cc2NC1=O. The van der Waals surface area contributed by atoms with Gasteiger partial charge in [0.15, 0.2) is 6.10 Å². The molecule has 0 saturated carbocycles. The molecule has 1 aliphatic rings. The molecule has 5 rings (SSSR count). The van der Waals surface area contributed by atoms with Crippen molar-refractivity contribution in [1.82, 2.24) is 14.9 Å². The molecule has 0 fully saturated rings. The van der Waals surface area contributed by atoms with Crippen LogP contribution in [0.15, 0.2) is 53.9 Å². The van der Waals surface area contributed by atoms with E-state index in [1.807, 2.05) is 55.4 Å². The number of aromatic nitrogens is 2. The van der Waals surface area contributed by atoms with Crippen molar-refractivity contribution in [2.75, 3.05) is 24.7 Å². The molecule has 2 N–H and O–H groups in total. The van der Waals surface area contributed by atoms with E-state index < -0.39 is 6.10 Å². The second-order valence-corrected chi connectivity index (χ2v) is 8.87. The Morgan fingerprint density at radius 3 is 2.75 bits per heavy atom. The van der Waals surface area contributed by atoms with Crippen LogP contribution in [0.25, 0.3) is 21.3 Å². The molecule has 1 aliphatic heterocycles. The van der Waals surface area contributed by atoms with Crippen LogP contribution in [0.2, 0.25) is 0 Å². The first-order chi connectivity index (χ1) is 15.5. The zero-order valence-electron chi connectivity index (χ0n) is 18.0. The number of amides is 1. The molecule has 0 aliphatic carbocycles. The van der Waals surface area contributed by atoms with E-state index in [2.05, 4.69) is 28.1 Å². The van der Waals surface area contributed by atoms with E-state index in [-0.39, 0.29) is 5.91 Å². The van der Waals surface area contributed by atoms with Gasteiger partial charge < -0.3 is 20.3 Å². The number of benzene rings is 2. The summed E-state index contributed by atoms with van der Waals surface area (Å²) in [7, 11) is 4.00. The van der Waals surface area contributed by atoms with Gasteiger partial charge in [-0.05, 0) is 44.8 Å². The summed E-state index contributed by atoms with van der Waals surface area (Å²) in [6.45, 7) is 2.37. The molecule has 2 aromatic carbocycles. The molecular weight excluding hydrogens is 422 g/mol. The van der Waals surface area contributed by atoms with E-state index in [1.54, 1.807) is 18.3 Å². The number of carbonyl (C=O) groups excluding carboxylic acids is 1. The maximum Gasteiger partial charge on any atom is 0.265 e. The maximum atomic E-state index is 12.0. The fraction of sp³-hybridized carbons (Fsp3) is 0.208. The third kappa shape index (κ3) is 3.90. The third-order valence-electron chi connectivity index (χ3n) is 5.20. The highest BCUT2D eigenvalue weighted by molar-refractivity contribution is 7.17. The summed E-state index contributed by atoms with van der Waals surface area (Å²) >= 11 is 1.61. The Labute approximate surface area is 190 Å².